The third-order valence-electron chi connectivity index (χ3n) is 2.16. The van der Waals surface area contributed by atoms with Gasteiger partial charge in [-0.25, -0.2) is 0 Å². The number of aryl methyl sites for hydroxylation is 1. The quantitative estimate of drug-likeness (QED) is 0.751. The average Bonchev–Trinajstić information content (AvgIpc) is 2.14. The van der Waals surface area contributed by atoms with Crippen LogP contribution in [0.2, 0.25) is 0 Å². The van der Waals surface area contributed by atoms with Gasteiger partial charge in [0.2, 0.25) is 0 Å². The molecule has 0 heterocycles. The summed E-state index contributed by atoms with van der Waals surface area (Å²) in [6.07, 6.45) is 1.42. The second-order valence-corrected chi connectivity index (χ2v) is 5.77. The van der Waals surface area contributed by atoms with E-state index in [1.807, 2.05) is 12.1 Å². The van der Waals surface area contributed by atoms with Crippen LogP contribution < -0.4 is 0 Å². The van der Waals surface area contributed by atoms with Gasteiger partial charge < -0.3 is 0 Å². The molecule has 0 aliphatic heterocycles. The normalized spacial score (nSPS) is 11.0. The first-order chi connectivity index (χ1) is 6.55. The minimum Gasteiger partial charge on any atom is -0.198 e. The number of hydrogen-bond donors (Lipinski definition) is 0. The Morgan fingerprint density at radius 2 is 2.00 bits per heavy atom. The van der Waals surface area contributed by atoms with Gasteiger partial charge in [-0.1, -0.05) is 40.2 Å². The molecule has 0 aromatic heterocycles. The maximum atomic E-state index is 8.56. The van der Waals surface area contributed by atoms with Gasteiger partial charge in [0.15, 0.2) is 0 Å². The van der Waals surface area contributed by atoms with Gasteiger partial charge >= 0.3 is 0 Å². The van der Waals surface area contributed by atoms with Crippen LogP contribution in [0.15, 0.2) is 24.3 Å². The highest BCUT2D eigenvalue weighted by Gasteiger charge is 2.18. The highest BCUT2D eigenvalue weighted by Crippen LogP contribution is 2.32. The summed E-state index contributed by atoms with van der Waals surface area (Å²) in [7, 11) is 0. The highest BCUT2D eigenvalue weighted by atomic mass is 79.9. The Bertz CT molecular complexity index is 344. The molecule has 0 aliphatic rings. The van der Waals surface area contributed by atoms with Gasteiger partial charge in [0.25, 0.3) is 0 Å². The number of benzene rings is 1. The Labute approximate surface area is 93.9 Å². The van der Waals surface area contributed by atoms with Crippen LogP contribution in [0.4, 0.5) is 0 Å². The summed E-state index contributed by atoms with van der Waals surface area (Å²) >= 11 is 3.65. The van der Waals surface area contributed by atoms with Crippen LogP contribution in [-0.4, -0.2) is 0 Å². The van der Waals surface area contributed by atoms with Gasteiger partial charge in [0.1, 0.15) is 0 Å². The molecule has 1 aromatic rings. The van der Waals surface area contributed by atoms with Crippen LogP contribution in [0.3, 0.4) is 0 Å². The third kappa shape index (κ3) is 2.85. The van der Waals surface area contributed by atoms with E-state index in [1.54, 1.807) is 0 Å². The summed E-state index contributed by atoms with van der Waals surface area (Å²) in [6, 6.07) is 10.4. The van der Waals surface area contributed by atoms with Crippen molar-refractivity contribution >= 4 is 15.9 Å². The van der Waals surface area contributed by atoms with Gasteiger partial charge in [-0.3, -0.25) is 0 Å². The van der Waals surface area contributed by atoms with E-state index >= 15 is 0 Å². The summed E-state index contributed by atoms with van der Waals surface area (Å²) < 4.78 is -0.0148. The number of alkyl halides is 1. The summed E-state index contributed by atoms with van der Waals surface area (Å²) in [5, 5.41) is 8.56. The molecule has 0 aliphatic carbocycles. The van der Waals surface area contributed by atoms with Crippen molar-refractivity contribution in [1.29, 1.82) is 5.26 Å². The second kappa shape index (κ2) is 4.61. The Kier molecular flexibility index (Phi) is 3.71. The Morgan fingerprint density at radius 1 is 1.36 bits per heavy atom. The molecule has 0 radical (unpaired) electrons. The van der Waals surface area contributed by atoms with E-state index in [2.05, 4.69) is 48.0 Å². The fourth-order valence-electron chi connectivity index (χ4n) is 1.51. The molecule has 0 fully saturated rings. The maximum Gasteiger partial charge on any atom is 0.0625 e. The van der Waals surface area contributed by atoms with Gasteiger partial charge in [-0.05, 0) is 31.4 Å². The summed E-state index contributed by atoms with van der Waals surface area (Å²) in [5.41, 5.74) is 2.53. The Hall–Kier alpha value is -0.810. The molecule has 1 aromatic carbocycles. The molecule has 0 spiro atoms. The molecular weight excluding hydrogens is 238 g/mol. The zero-order valence-corrected chi connectivity index (χ0v) is 10.1. The van der Waals surface area contributed by atoms with E-state index in [0.29, 0.717) is 6.42 Å². The molecule has 2 heteroatoms. The first-order valence-electron chi connectivity index (χ1n) is 4.70. The number of nitrogens with zero attached hydrogens (tertiary/aromatic N) is 1. The number of nitriles is 1. The third-order valence-corrected chi connectivity index (χ3v) is 2.59. The van der Waals surface area contributed by atoms with Crippen molar-refractivity contribution in [3.05, 3.63) is 35.4 Å². The largest absolute Gasteiger partial charge is 0.198 e. The van der Waals surface area contributed by atoms with Crippen LogP contribution in [0.25, 0.3) is 0 Å². The van der Waals surface area contributed by atoms with Crippen molar-refractivity contribution in [3.63, 3.8) is 0 Å². The SMILES string of the molecule is CC(C)(Br)c1ccccc1CCC#N. The second-order valence-electron chi connectivity index (χ2n) is 3.79. The zero-order valence-electron chi connectivity index (χ0n) is 8.55. The van der Waals surface area contributed by atoms with Crippen molar-refractivity contribution < 1.29 is 0 Å². The topological polar surface area (TPSA) is 23.8 Å². The summed E-state index contributed by atoms with van der Waals surface area (Å²) in [6.45, 7) is 4.25. The van der Waals surface area contributed by atoms with Crippen LogP contribution in [0, 0.1) is 11.3 Å². The average molecular weight is 252 g/mol. The number of hydrogen-bond acceptors (Lipinski definition) is 1. The van der Waals surface area contributed by atoms with Gasteiger partial charge in [0, 0.05) is 10.7 Å². The lowest BCUT2D eigenvalue weighted by Gasteiger charge is -2.20. The lowest BCUT2D eigenvalue weighted by Crippen LogP contribution is -2.10. The van der Waals surface area contributed by atoms with E-state index in [9.17, 15) is 0 Å². The van der Waals surface area contributed by atoms with E-state index < -0.39 is 0 Å². The van der Waals surface area contributed by atoms with Crippen LogP contribution in [0.5, 0.6) is 0 Å². The molecule has 74 valence electrons. The predicted octanol–water partition coefficient (Wildman–Crippen LogP) is 3.77. The first-order valence-corrected chi connectivity index (χ1v) is 5.49. The van der Waals surface area contributed by atoms with E-state index in [0.717, 1.165) is 6.42 Å². The van der Waals surface area contributed by atoms with Crippen LogP contribution >= 0.6 is 15.9 Å². The number of rotatable bonds is 3. The van der Waals surface area contributed by atoms with E-state index in [4.69, 9.17) is 5.26 Å². The van der Waals surface area contributed by atoms with E-state index in [-0.39, 0.29) is 4.32 Å². The van der Waals surface area contributed by atoms with Gasteiger partial charge in [-0.2, -0.15) is 5.26 Å². The fraction of sp³-hybridized carbons (Fsp3) is 0.417. The molecular formula is C12H14BrN. The van der Waals surface area contributed by atoms with Gasteiger partial charge in [-0.15, -0.1) is 0 Å². The van der Waals surface area contributed by atoms with E-state index in [1.165, 1.54) is 11.1 Å². The van der Waals surface area contributed by atoms with Crippen molar-refractivity contribution in [3.8, 4) is 6.07 Å². The molecule has 0 amide bonds. The predicted molar refractivity (Wildman–Crippen MR) is 62.3 cm³/mol. The molecule has 1 nitrogen and oxygen atoms in total. The smallest absolute Gasteiger partial charge is 0.0625 e. The Balaban J connectivity index is 2.99. The first kappa shape index (κ1) is 11.3. The molecule has 0 saturated carbocycles. The van der Waals surface area contributed by atoms with Gasteiger partial charge in [0.05, 0.1) is 6.07 Å². The molecule has 14 heavy (non-hydrogen) atoms. The van der Waals surface area contributed by atoms with Crippen molar-refractivity contribution in [2.24, 2.45) is 0 Å². The minimum atomic E-state index is -0.0148. The molecule has 0 bridgehead atoms. The minimum absolute atomic E-state index is 0.0148. The molecule has 1 rings (SSSR count). The summed E-state index contributed by atoms with van der Waals surface area (Å²) in [5.74, 6) is 0. The van der Waals surface area contributed by atoms with Crippen molar-refractivity contribution in [2.45, 2.75) is 31.0 Å². The summed E-state index contributed by atoms with van der Waals surface area (Å²) in [4.78, 5) is 0. The zero-order chi connectivity index (χ0) is 10.6. The molecule has 0 saturated heterocycles. The van der Waals surface area contributed by atoms with Crippen LogP contribution in [-0.2, 0) is 10.7 Å². The highest BCUT2D eigenvalue weighted by molar-refractivity contribution is 9.09. The standard InChI is InChI=1S/C12H14BrN/c1-12(2,13)11-8-4-3-6-10(11)7-5-9-14/h3-4,6,8H,5,7H2,1-2H3. The van der Waals surface area contributed by atoms with Crippen LogP contribution in [0.1, 0.15) is 31.4 Å². The molecule has 0 atom stereocenters. The molecule has 0 N–H and O–H groups in total. The monoisotopic (exact) mass is 251 g/mol. The number of halogens is 1. The molecule has 0 unspecified atom stereocenters. The van der Waals surface area contributed by atoms with Crippen molar-refractivity contribution in [2.75, 3.05) is 0 Å². The fourth-order valence-corrected chi connectivity index (χ4v) is 1.90. The van der Waals surface area contributed by atoms with Crippen molar-refractivity contribution in [1.82, 2.24) is 0 Å². The Morgan fingerprint density at radius 3 is 2.57 bits per heavy atom. The maximum absolute atomic E-state index is 8.56. The lowest BCUT2D eigenvalue weighted by atomic mass is 9.94. The lowest BCUT2D eigenvalue weighted by molar-refractivity contribution is 0.781.